The van der Waals surface area contributed by atoms with Gasteiger partial charge >= 0.3 is 11.9 Å². The SMILES string of the molecule is COC(=O)CCc1ccc(OCC(CN(C(=O)COCCO[N+](=O)[O-])C(C)C)OC(=O)COCCO[N+](=O)[O-])cc1. The molecule has 1 aromatic rings. The van der Waals surface area contributed by atoms with Gasteiger partial charge < -0.3 is 38.3 Å². The van der Waals surface area contributed by atoms with Crippen molar-refractivity contribution in [2.75, 3.05) is 59.9 Å². The van der Waals surface area contributed by atoms with Crippen molar-refractivity contribution in [2.24, 2.45) is 0 Å². The first kappa shape index (κ1) is 34.8. The largest absolute Gasteiger partial charge is 0.490 e. The fraction of sp³-hybridized carbons (Fsp3) is 0.625. The van der Waals surface area contributed by atoms with E-state index in [1.54, 1.807) is 38.1 Å². The normalized spacial score (nSPS) is 11.3. The summed E-state index contributed by atoms with van der Waals surface area (Å²) in [6, 6.07) is 6.55. The zero-order valence-electron chi connectivity index (χ0n) is 23.1. The van der Waals surface area contributed by atoms with E-state index < -0.39 is 41.4 Å². The Hall–Kier alpha value is -4.25. The number of nitrogens with zero attached hydrogens (tertiary/aromatic N) is 3. The molecule has 0 aliphatic rings. The van der Waals surface area contributed by atoms with E-state index in [2.05, 4.69) is 14.4 Å². The van der Waals surface area contributed by atoms with Gasteiger partial charge in [-0.15, -0.1) is 20.2 Å². The Kier molecular flexibility index (Phi) is 16.8. The van der Waals surface area contributed by atoms with Crippen molar-refractivity contribution in [2.45, 2.75) is 38.8 Å². The molecule has 17 heteroatoms. The summed E-state index contributed by atoms with van der Waals surface area (Å²) >= 11 is 0. The van der Waals surface area contributed by atoms with Gasteiger partial charge in [-0.05, 0) is 38.0 Å². The Morgan fingerprint density at radius 1 is 0.878 bits per heavy atom. The van der Waals surface area contributed by atoms with Crippen LogP contribution in [0.1, 0.15) is 25.8 Å². The van der Waals surface area contributed by atoms with Gasteiger partial charge in [0, 0.05) is 12.5 Å². The quantitative estimate of drug-likeness (QED) is 0.0793. The Bertz CT molecular complexity index is 973. The van der Waals surface area contributed by atoms with Crippen molar-refractivity contribution >= 4 is 17.8 Å². The summed E-state index contributed by atoms with van der Waals surface area (Å²) < 4.78 is 26.0. The maximum Gasteiger partial charge on any atom is 0.332 e. The molecule has 1 atom stereocenters. The summed E-state index contributed by atoms with van der Waals surface area (Å²) in [5.41, 5.74) is 0.879. The number of carbonyl (C=O) groups excluding carboxylic acids is 3. The number of rotatable bonds is 22. The summed E-state index contributed by atoms with van der Waals surface area (Å²) in [6.45, 7) is 1.19. The summed E-state index contributed by atoms with van der Waals surface area (Å²) in [5.74, 6) is -1.16. The first-order chi connectivity index (χ1) is 19.5. The monoisotopic (exact) mass is 589 g/mol. The van der Waals surface area contributed by atoms with E-state index >= 15 is 0 Å². The Labute approximate surface area is 235 Å². The molecule has 0 fully saturated rings. The van der Waals surface area contributed by atoms with Gasteiger partial charge in [0.2, 0.25) is 5.91 Å². The highest BCUT2D eigenvalue weighted by Gasteiger charge is 2.25. The van der Waals surface area contributed by atoms with Crippen LogP contribution in [0.15, 0.2) is 24.3 Å². The molecule has 0 aliphatic heterocycles. The van der Waals surface area contributed by atoms with Gasteiger partial charge in [-0.25, -0.2) is 4.79 Å². The number of ether oxygens (including phenoxy) is 5. The molecule has 0 saturated carbocycles. The molecule has 41 heavy (non-hydrogen) atoms. The van der Waals surface area contributed by atoms with Gasteiger partial charge in [-0.3, -0.25) is 9.59 Å². The lowest BCUT2D eigenvalue weighted by Crippen LogP contribution is -2.47. The van der Waals surface area contributed by atoms with E-state index in [0.29, 0.717) is 12.2 Å². The zero-order valence-corrected chi connectivity index (χ0v) is 23.1. The fourth-order valence-corrected chi connectivity index (χ4v) is 3.19. The minimum absolute atomic E-state index is 0.0847. The van der Waals surface area contributed by atoms with Crippen molar-refractivity contribution in [3.63, 3.8) is 0 Å². The molecule has 0 spiro atoms. The highest BCUT2D eigenvalue weighted by atomic mass is 17.0. The number of carbonyl (C=O) groups is 3. The number of benzene rings is 1. The third-order valence-electron chi connectivity index (χ3n) is 5.14. The van der Waals surface area contributed by atoms with Gasteiger partial charge in [0.25, 0.3) is 10.2 Å². The van der Waals surface area contributed by atoms with Crippen LogP contribution in [0.3, 0.4) is 0 Å². The highest BCUT2D eigenvalue weighted by Crippen LogP contribution is 2.15. The predicted molar refractivity (Wildman–Crippen MR) is 137 cm³/mol. The summed E-state index contributed by atoms with van der Waals surface area (Å²) in [6.07, 6.45) is -0.254. The van der Waals surface area contributed by atoms with Gasteiger partial charge in [0.05, 0.1) is 26.9 Å². The molecule has 0 heterocycles. The van der Waals surface area contributed by atoms with Gasteiger partial charge in [-0.2, -0.15) is 0 Å². The van der Waals surface area contributed by atoms with Crippen LogP contribution in [0.4, 0.5) is 0 Å². The third kappa shape index (κ3) is 16.5. The minimum atomic E-state index is -0.989. The van der Waals surface area contributed by atoms with Crippen molar-refractivity contribution in [3.05, 3.63) is 50.1 Å². The van der Waals surface area contributed by atoms with Crippen LogP contribution in [-0.2, 0) is 49.4 Å². The molecule has 0 saturated heterocycles. The van der Waals surface area contributed by atoms with Crippen LogP contribution >= 0.6 is 0 Å². The standard InChI is InChI=1S/C24H35N3O14/c1-18(2)25(22(28)16-36-10-12-39-26(31)32)14-21(41-24(30)17-37-11-13-40-27(33)34)15-38-20-7-4-19(5-8-20)6-9-23(29)35-3/h4-5,7-8,18,21H,6,9-17H2,1-3H3. The molecule has 1 amide bonds. The lowest BCUT2D eigenvalue weighted by Gasteiger charge is -2.30. The number of esters is 2. The predicted octanol–water partition coefficient (Wildman–Crippen LogP) is 0.770. The summed E-state index contributed by atoms with van der Waals surface area (Å²) in [4.78, 5) is 66.5. The number of methoxy groups -OCH3 is 1. The highest BCUT2D eigenvalue weighted by molar-refractivity contribution is 5.78. The zero-order chi connectivity index (χ0) is 30.6. The molecule has 1 rings (SSSR count). The van der Waals surface area contributed by atoms with E-state index in [9.17, 15) is 34.6 Å². The average Bonchev–Trinajstić information content (AvgIpc) is 2.92. The molecule has 0 aliphatic carbocycles. The van der Waals surface area contributed by atoms with Crippen LogP contribution < -0.4 is 4.74 Å². The molecular weight excluding hydrogens is 554 g/mol. The van der Waals surface area contributed by atoms with E-state index in [-0.39, 0.29) is 58.0 Å². The van der Waals surface area contributed by atoms with Crippen molar-refractivity contribution in [1.29, 1.82) is 0 Å². The third-order valence-corrected chi connectivity index (χ3v) is 5.14. The van der Waals surface area contributed by atoms with Gasteiger partial charge in [-0.1, -0.05) is 12.1 Å². The molecule has 0 radical (unpaired) electrons. The lowest BCUT2D eigenvalue weighted by molar-refractivity contribution is -0.758. The first-order valence-corrected chi connectivity index (χ1v) is 12.5. The second-order valence-electron chi connectivity index (χ2n) is 8.50. The van der Waals surface area contributed by atoms with Crippen LogP contribution in [-0.4, -0.2) is 105 Å². The molecular formula is C24H35N3O14. The van der Waals surface area contributed by atoms with Crippen LogP contribution in [0.25, 0.3) is 0 Å². The van der Waals surface area contributed by atoms with E-state index in [1.165, 1.54) is 12.0 Å². The molecule has 1 unspecified atom stereocenters. The van der Waals surface area contributed by atoms with Gasteiger partial charge in [0.1, 0.15) is 38.8 Å². The Morgan fingerprint density at radius 2 is 1.46 bits per heavy atom. The first-order valence-electron chi connectivity index (χ1n) is 12.5. The molecule has 1 aromatic carbocycles. The topological polar surface area (TPSA) is 205 Å². The van der Waals surface area contributed by atoms with Crippen LogP contribution in [0, 0.1) is 20.2 Å². The number of hydrogen-bond donors (Lipinski definition) is 0. The van der Waals surface area contributed by atoms with Crippen molar-refractivity contribution < 1.29 is 57.9 Å². The second kappa shape index (κ2) is 19.8. The fourth-order valence-electron chi connectivity index (χ4n) is 3.19. The molecule has 0 bridgehead atoms. The van der Waals surface area contributed by atoms with E-state index in [4.69, 9.17) is 18.9 Å². The second-order valence-corrected chi connectivity index (χ2v) is 8.50. The smallest absolute Gasteiger partial charge is 0.332 e. The van der Waals surface area contributed by atoms with Crippen molar-refractivity contribution in [1.82, 2.24) is 4.90 Å². The Balaban J connectivity index is 2.79. The Morgan fingerprint density at radius 3 is 2.00 bits per heavy atom. The van der Waals surface area contributed by atoms with Crippen molar-refractivity contribution in [3.8, 4) is 5.75 Å². The minimum Gasteiger partial charge on any atom is -0.490 e. The van der Waals surface area contributed by atoms with E-state index in [0.717, 1.165) is 5.56 Å². The van der Waals surface area contributed by atoms with Crippen LogP contribution in [0.2, 0.25) is 0 Å². The summed E-state index contributed by atoms with van der Waals surface area (Å²) in [5, 5.41) is 18.4. The molecule has 17 nitrogen and oxygen atoms in total. The molecule has 0 N–H and O–H groups in total. The average molecular weight is 590 g/mol. The molecule has 0 aromatic heterocycles. The maximum absolute atomic E-state index is 12.8. The lowest BCUT2D eigenvalue weighted by atomic mass is 10.1. The summed E-state index contributed by atoms with van der Waals surface area (Å²) in [7, 11) is 1.31. The number of aryl methyl sites for hydroxylation is 1. The van der Waals surface area contributed by atoms with E-state index in [1.807, 2.05) is 0 Å². The van der Waals surface area contributed by atoms with Crippen LogP contribution in [0.5, 0.6) is 5.75 Å². The number of amides is 1. The maximum atomic E-state index is 12.8. The van der Waals surface area contributed by atoms with Gasteiger partial charge in [0.15, 0.2) is 6.10 Å². The number of hydrogen-bond acceptors (Lipinski definition) is 14. The molecule has 230 valence electrons.